The van der Waals surface area contributed by atoms with Gasteiger partial charge in [-0.2, -0.15) is 0 Å². The minimum Gasteiger partial charge on any atom is -0.351 e. The molecule has 0 radical (unpaired) electrons. The summed E-state index contributed by atoms with van der Waals surface area (Å²) in [5.41, 5.74) is 7.51. The highest BCUT2D eigenvalue weighted by Gasteiger charge is 2.26. The van der Waals surface area contributed by atoms with Crippen molar-refractivity contribution in [3.8, 4) is 0 Å². The van der Waals surface area contributed by atoms with Crippen LogP contribution >= 0.6 is 0 Å². The van der Waals surface area contributed by atoms with E-state index in [0.717, 1.165) is 12.8 Å². The monoisotopic (exact) mass is 306 g/mol. The lowest BCUT2D eigenvalue weighted by Crippen LogP contribution is -2.93. The number of nitrogens with two attached hydrogens (primary N) is 2. The summed E-state index contributed by atoms with van der Waals surface area (Å²) in [5, 5.41) is 4.12. The van der Waals surface area contributed by atoms with Gasteiger partial charge in [-0.25, -0.2) is 4.79 Å². The number of hydrogen-bond acceptors (Lipinski definition) is 2. The first-order chi connectivity index (χ1) is 10.3. The molecule has 0 aliphatic heterocycles. The van der Waals surface area contributed by atoms with E-state index in [2.05, 4.69) is 50.4 Å². The van der Waals surface area contributed by atoms with Gasteiger partial charge in [-0.15, -0.1) is 0 Å². The quantitative estimate of drug-likeness (QED) is 0.712. The van der Waals surface area contributed by atoms with Gasteiger partial charge < -0.3 is 11.1 Å². The van der Waals surface area contributed by atoms with Crippen molar-refractivity contribution in [1.82, 2.24) is 5.32 Å². The summed E-state index contributed by atoms with van der Waals surface area (Å²) in [5.74, 6) is 0.00149. The highest BCUT2D eigenvalue weighted by Crippen LogP contribution is 2.19. The smallest absolute Gasteiger partial charge is 0.319 e. The fourth-order valence-corrected chi connectivity index (χ4v) is 2.55. The maximum absolute atomic E-state index is 11.8. The molecule has 122 valence electrons. The zero-order valence-electron chi connectivity index (χ0n) is 13.9. The standard InChI is InChI=1S/C17H27N3O2/c1-5-6-13-7-9-14(10-8-13)15(11(2)3)19-12(4)16(21)20-17(18)22/h7-12,15,19H,5-6H2,1-4H3,(H3,18,20,21,22)/p+1/t12-,15-/m0/s1. The SMILES string of the molecule is CCCc1ccc([C@@H]([NH2+][C@@H](C)C(=O)NC(N)=O)C(C)C)cc1. The first-order valence-corrected chi connectivity index (χ1v) is 7.89. The predicted molar refractivity (Wildman–Crippen MR) is 87.1 cm³/mol. The van der Waals surface area contributed by atoms with Crippen molar-refractivity contribution in [2.24, 2.45) is 11.7 Å². The average Bonchev–Trinajstić information content (AvgIpc) is 2.44. The zero-order chi connectivity index (χ0) is 16.7. The van der Waals surface area contributed by atoms with E-state index in [1.165, 1.54) is 11.1 Å². The molecule has 1 aromatic rings. The Morgan fingerprint density at radius 2 is 1.77 bits per heavy atom. The number of benzene rings is 1. The Labute approximate surface area is 132 Å². The predicted octanol–water partition coefficient (Wildman–Crippen LogP) is 1.48. The average molecular weight is 306 g/mol. The molecule has 22 heavy (non-hydrogen) atoms. The van der Waals surface area contributed by atoms with Crippen molar-refractivity contribution >= 4 is 11.9 Å². The molecule has 1 aromatic carbocycles. The Balaban J connectivity index is 2.80. The first kappa shape index (κ1) is 18.2. The summed E-state index contributed by atoms with van der Waals surface area (Å²) < 4.78 is 0. The molecule has 0 saturated heterocycles. The molecule has 5 N–H and O–H groups in total. The van der Waals surface area contributed by atoms with E-state index in [1.54, 1.807) is 6.92 Å². The first-order valence-electron chi connectivity index (χ1n) is 7.89. The van der Waals surface area contributed by atoms with Crippen LogP contribution in [0.2, 0.25) is 0 Å². The van der Waals surface area contributed by atoms with Gasteiger partial charge in [-0.05, 0) is 18.9 Å². The van der Waals surface area contributed by atoms with Crippen LogP contribution in [0.5, 0.6) is 0 Å². The molecule has 5 heteroatoms. The van der Waals surface area contributed by atoms with Gasteiger partial charge in [0, 0.05) is 11.5 Å². The second-order valence-electron chi connectivity index (χ2n) is 6.10. The molecular weight excluding hydrogens is 278 g/mol. The molecule has 0 saturated carbocycles. The third-order valence-corrected chi connectivity index (χ3v) is 3.78. The van der Waals surface area contributed by atoms with E-state index >= 15 is 0 Å². The van der Waals surface area contributed by atoms with E-state index < -0.39 is 6.03 Å². The van der Waals surface area contributed by atoms with Gasteiger partial charge in [0.2, 0.25) is 0 Å². The van der Waals surface area contributed by atoms with Crippen molar-refractivity contribution in [2.75, 3.05) is 0 Å². The number of carbonyl (C=O) groups excluding carboxylic acids is 2. The molecule has 0 heterocycles. The van der Waals surface area contributed by atoms with Crippen LogP contribution in [0.15, 0.2) is 24.3 Å². The Kier molecular flexibility index (Phi) is 7.05. The number of nitrogens with one attached hydrogen (secondary N) is 1. The molecule has 0 aliphatic rings. The topological polar surface area (TPSA) is 88.8 Å². The molecule has 1 rings (SSSR count). The van der Waals surface area contributed by atoms with Crippen LogP contribution < -0.4 is 16.4 Å². The van der Waals surface area contributed by atoms with E-state index in [9.17, 15) is 9.59 Å². The minimum atomic E-state index is -0.810. The van der Waals surface area contributed by atoms with Crippen molar-refractivity contribution in [3.63, 3.8) is 0 Å². The molecule has 0 spiro atoms. The molecule has 0 bridgehead atoms. The van der Waals surface area contributed by atoms with Crippen LogP contribution in [-0.2, 0) is 11.2 Å². The number of quaternary nitrogens is 1. The minimum absolute atomic E-state index is 0.157. The summed E-state index contributed by atoms with van der Waals surface area (Å²) in [6.45, 7) is 8.19. The van der Waals surface area contributed by atoms with Gasteiger partial charge in [-0.3, -0.25) is 10.1 Å². The van der Waals surface area contributed by atoms with Gasteiger partial charge >= 0.3 is 6.03 Å². The summed E-state index contributed by atoms with van der Waals surface area (Å²) in [6, 6.07) is 7.53. The van der Waals surface area contributed by atoms with Gasteiger partial charge in [0.15, 0.2) is 6.04 Å². The fourth-order valence-electron chi connectivity index (χ4n) is 2.55. The van der Waals surface area contributed by atoms with Crippen molar-refractivity contribution in [2.45, 2.75) is 52.6 Å². The third kappa shape index (κ3) is 5.48. The Bertz CT molecular complexity index is 497. The normalized spacial score (nSPS) is 13.7. The van der Waals surface area contributed by atoms with Crippen molar-refractivity contribution < 1.29 is 14.9 Å². The lowest BCUT2D eigenvalue weighted by atomic mass is 9.94. The summed E-state index contributed by atoms with van der Waals surface area (Å²) >= 11 is 0. The van der Waals surface area contributed by atoms with E-state index in [0.29, 0.717) is 5.92 Å². The molecular formula is C17H28N3O2+. The maximum Gasteiger partial charge on any atom is 0.319 e. The van der Waals surface area contributed by atoms with Gasteiger partial charge in [0.25, 0.3) is 5.91 Å². The Hall–Kier alpha value is -1.88. The molecule has 0 unspecified atom stereocenters. The number of aryl methyl sites for hydroxylation is 1. The van der Waals surface area contributed by atoms with Gasteiger partial charge in [0.05, 0.1) is 0 Å². The van der Waals surface area contributed by atoms with Gasteiger partial charge in [-0.1, -0.05) is 51.5 Å². The number of urea groups is 1. The summed E-state index contributed by atoms with van der Waals surface area (Å²) in [4.78, 5) is 22.6. The van der Waals surface area contributed by atoms with E-state index in [1.807, 2.05) is 5.32 Å². The zero-order valence-corrected chi connectivity index (χ0v) is 13.9. The molecule has 0 fully saturated rings. The highest BCUT2D eigenvalue weighted by molar-refractivity contribution is 5.95. The number of rotatable bonds is 7. The number of hydrogen-bond donors (Lipinski definition) is 3. The molecule has 0 aliphatic carbocycles. The van der Waals surface area contributed by atoms with Crippen LogP contribution in [0.4, 0.5) is 4.79 Å². The number of primary amides is 1. The van der Waals surface area contributed by atoms with Crippen LogP contribution in [0, 0.1) is 5.92 Å². The summed E-state index contributed by atoms with van der Waals surface area (Å²) in [7, 11) is 0. The van der Waals surface area contributed by atoms with E-state index in [4.69, 9.17) is 5.73 Å². The fraction of sp³-hybridized carbons (Fsp3) is 0.529. The Morgan fingerprint density at radius 3 is 2.23 bits per heavy atom. The van der Waals surface area contributed by atoms with Crippen LogP contribution in [0.3, 0.4) is 0 Å². The number of imide groups is 1. The number of amides is 3. The third-order valence-electron chi connectivity index (χ3n) is 3.78. The maximum atomic E-state index is 11.8. The molecule has 2 atom stereocenters. The van der Waals surface area contributed by atoms with E-state index in [-0.39, 0.29) is 18.0 Å². The van der Waals surface area contributed by atoms with Crippen LogP contribution in [0.1, 0.15) is 51.3 Å². The largest absolute Gasteiger partial charge is 0.351 e. The van der Waals surface area contributed by atoms with Crippen molar-refractivity contribution in [3.05, 3.63) is 35.4 Å². The molecule has 5 nitrogen and oxygen atoms in total. The van der Waals surface area contributed by atoms with Gasteiger partial charge in [0.1, 0.15) is 6.04 Å². The highest BCUT2D eigenvalue weighted by atomic mass is 16.2. The lowest BCUT2D eigenvalue weighted by Gasteiger charge is -2.23. The Morgan fingerprint density at radius 1 is 1.18 bits per heavy atom. The number of carbonyl (C=O) groups is 2. The second kappa shape index (κ2) is 8.54. The molecule has 3 amide bonds. The van der Waals surface area contributed by atoms with Crippen LogP contribution in [0.25, 0.3) is 0 Å². The second-order valence-corrected chi connectivity index (χ2v) is 6.10. The lowest BCUT2D eigenvalue weighted by molar-refractivity contribution is -0.719. The van der Waals surface area contributed by atoms with Crippen molar-refractivity contribution in [1.29, 1.82) is 0 Å². The summed E-state index contributed by atoms with van der Waals surface area (Å²) in [6.07, 6.45) is 2.21. The molecule has 0 aromatic heterocycles. The van der Waals surface area contributed by atoms with Crippen LogP contribution in [-0.4, -0.2) is 18.0 Å².